The molecule has 0 N–H and O–H groups in total. The van der Waals surface area contributed by atoms with Crippen molar-refractivity contribution in [3.63, 3.8) is 0 Å². The zero-order chi connectivity index (χ0) is 14.4. The summed E-state index contributed by atoms with van der Waals surface area (Å²) >= 11 is 0. The third kappa shape index (κ3) is 3.75. The van der Waals surface area contributed by atoms with Crippen LogP contribution in [0.15, 0.2) is 6.07 Å². The van der Waals surface area contributed by atoms with E-state index in [1.54, 1.807) is 6.07 Å². The van der Waals surface area contributed by atoms with Gasteiger partial charge in [-0.3, -0.25) is 4.68 Å². The van der Waals surface area contributed by atoms with Crippen molar-refractivity contribution in [3.05, 3.63) is 17.5 Å². The summed E-state index contributed by atoms with van der Waals surface area (Å²) in [5.74, 6) is 0. The Kier molecular flexibility index (Phi) is 3.58. The predicted molar refractivity (Wildman–Crippen MR) is 65.7 cm³/mol. The Morgan fingerprint density at radius 1 is 1.00 bits per heavy atom. The first-order valence-electron chi connectivity index (χ1n) is 5.96. The Balaban J connectivity index is 3.27. The molecule has 1 aromatic rings. The number of alkyl halides is 3. The van der Waals surface area contributed by atoms with E-state index in [9.17, 15) is 13.2 Å². The van der Waals surface area contributed by atoms with Gasteiger partial charge in [0.05, 0.1) is 5.69 Å². The standard InChI is InChI=1S/C13H21F3N2/c1-11(2,3)9-7-10(12(4,5)6)18(17-9)8-13(14,15)16/h7H,8H2,1-6H3. The van der Waals surface area contributed by atoms with E-state index in [0.717, 1.165) is 4.68 Å². The number of nitrogens with zero attached hydrogens (tertiary/aromatic N) is 2. The topological polar surface area (TPSA) is 17.8 Å². The molecule has 0 saturated carbocycles. The van der Waals surface area contributed by atoms with E-state index in [0.29, 0.717) is 11.4 Å². The number of hydrogen-bond acceptors (Lipinski definition) is 1. The van der Waals surface area contributed by atoms with Gasteiger partial charge in [0.25, 0.3) is 0 Å². The summed E-state index contributed by atoms with van der Waals surface area (Å²) in [6.45, 7) is 10.5. The molecule has 0 unspecified atom stereocenters. The Bertz CT molecular complexity index is 417. The van der Waals surface area contributed by atoms with Gasteiger partial charge in [0.15, 0.2) is 0 Å². The van der Waals surface area contributed by atoms with E-state index >= 15 is 0 Å². The molecule has 1 aromatic heterocycles. The van der Waals surface area contributed by atoms with Gasteiger partial charge in [-0.1, -0.05) is 41.5 Å². The van der Waals surface area contributed by atoms with Crippen LogP contribution in [-0.2, 0) is 17.4 Å². The van der Waals surface area contributed by atoms with Crippen LogP contribution in [0.4, 0.5) is 13.2 Å². The second-order valence-corrected chi connectivity index (χ2v) is 6.69. The first kappa shape index (κ1) is 15.1. The lowest BCUT2D eigenvalue weighted by Crippen LogP contribution is -2.25. The molecule has 0 atom stereocenters. The summed E-state index contributed by atoms with van der Waals surface area (Å²) in [4.78, 5) is 0. The van der Waals surface area contributed by atoms with Crippen molar-refractivity contribution < 1.29 is 13.2 Å². The van der Waals surface area contributed by atoms with Crippen LogP contribution in [-0.4, -0.2) is 16.0 Å². The molecule has 18 heavy (non-hydrogen) atoms. The van der Waals surface area contributed by atoms with Crippen molar-refractivity contribution in [1.82, 2.24) is 9.78 Å². The molecule has 0 aromatic carbocycles. The van der Waals surface area contributed by atoms with Gasteiger partial charge in [-0.15, -0.1) is 0 Å². The van der Waals surface area contributed by atoms with Crippen molar-refractivity contribution in [2.45, 2.75) is 65.1 Å². The molecule has 1 rings (SSSR count). The van der Waals surface area contributed by atoms with Crippen molar-refractivity contribution in [2.24, 2.45) is 0 Å². The monoisotopic (exact) mass is 262 g/mol. The fourth-order valence-electron chi connectivity index (χ4n) is 1.68. The molecule has 0 bridgehead atoms. The largest absolute Gasteiger partial charge is 0.408 e. The average Bonchev–Trinajstić information content (AvgIpc) is 2.42. The van der Waals surface area contributed by atoms with Crippen LogP contribution in [0.2, 0.25) is 0 Å². The minimum Gasteiger partial charge on any atom is -0.260 e. The Labute approximate surface area is 106 Å². The SMILES string of the molecule is CC(C)(C)c1cc(C(C)(C)C)n(CC(F)(F)F)n1. The van der Waals surface area contributed by atoms with Gasteiger partial charge in [-0.05, 0) is 6.07 Å². The molecule has 0 aliphatic rings. The predicted octanol–water partition coefficient (Wildman–Crippen LogP) is 4.04. The fraction of sp³-hybridized carbons (Fsp3) is 0.769. The second kappa shape index (κ2) is 4.28. The lowest BCUT2D eigenvalue weighted by molar-refractivity contribution is -0.143. The number of aromatic nitrogens is 2. The van der Waals surface area contributed by atoms with Gasteiger partial charge in [-0.2, -0.15) is 18.3 Å². The van der Waals surface area contributed by atoms with Crippen LogP contribution in [0.3, 0.4) is 0 Å². The van der Waals surface area contributed by atoms with Gasteiger partial charge < -0.3 is 0 Å². The highest BCUT2D eigenvalue weighted by Gasteiger charge is 2.33. The molecule has 0 amide bonds. The lowest BCUT2D eigenvalue weighted by Gasteiger charge is -2.20. The normalized spacial score (nSPS) is 14.1. The van der Waals surface area contributed by atoms with Crippen molar-refractivity contribution in [2.75, 3.05) is 0 Å². The van der Waals surface area contributed by atoms with Gasteiger partial charge >= 0.3 is 6.18 Å². The van der Waals surface area contributed by atoms with Crippen LogP contribution >= 0.6 is 0 Å². The van der Waals surface area contributed by atoms with E-state index in [4.69, 9.17) is 0 Å². The summed E-state index contributed by atoms with van der Waals surface area (Å²) in [6.07, 6.45) is -4.25. The maximum absolute atomic E-state index is 12.6. The van der Waals surface area contributed by atoms with Crippen molar-refractivity contribution >= 4 is 0 Å². The molecule has 0 aliphatic heterocycles. The quantitative estimate of drug-likeness (QED) is 0.747. The molecule has 2 nitrogen and oxygen atoms in total. The summed E-state index contributed by atoms with van der Waals surface area (Å²) < 4.78 is 38.7. The smallest absolute Gasteiger partial charge is 0.260 e. The lowest BCUT2D eigenvalue weighted by atomic mass is 9.88. The molecular weight excluding hydrogens is 241 g/mol. The molecule has 0 aliphatic carbocycles. The van der Waals surface area contributed by atoms with Gasteiger partial charge in [-0.25, -0.2) is 0 Å². The highest BCUT2D eigenvalue weighted by Crippen LogP contribution is 2.30. The minimum atomic E-state index is -4.25. The molecular formula is C13H21F3N2. The molecule has 104 valence electrons. The van der Waals surface area contributed by atoms with Crippen LogP contribution < -0.4 is 0 Å². The third-order valence-corrected chi connectivity index (χ3v) is 2.65. The molecule has 0 radical (unpaired) electrons. The Hall–Kier alpha value is -1.00. The summed E-state index contributed by atoms with van der Waals surface area (Å²) in [5.41, 5.74) is 0.694. The maximum Gasteiger partial charge on any atom is 0.408 e. The first-order chi connectivity index (χ1) is 7.81. The molecule has 1 heterocycles. The number of halogens is 3. The van der Waals surface area contributed by atoms with Crippen LogP contribution in [0, 0.1) is 0 Å². The van der Waals surface area contributed by atoms with Gasteiger partial charge in [0.2, 0.25) is 0 Å². The molecule has 0 saturated heterocycles. The van der Waals surface area contributed by atoms with E-state index in [2.05, 4.69) is 5.10 Å². The Morgan fingerprint density at radius 2 is 1.50 bits per heavy atom. The fourth-order valence-corrected chi connectivity index (χ4v) is 1.68. The highest BCUT2D eigenvalue weighted by molar-refractivity contribution is 5.22. The summed E-state index contributed by atoms with van der Waals surface area (Å²) in [7, 11) is 0. The van der Waals surface area contributed by atoms with Gasteiger partial charge in [0, 0.05) is 16.5 Å². The Morgan fingerprint density at radius 3 is 1.83 bits per heavy atom. The highest BCUT2D eigenvalue weighted by atomic mass is 19.4. The van der Waals surface area contributed by atoms with E-state index in [1.807, 2.05) is 41.5 Å². The molecule has 0 fully saturated rings. The van der Waals surface area contributed by atoms with Crippen LogP contribution in [0.1, 0.15) is 52.9 Å². The van der Waals surface area contributed by atoms with E-state index in [1.165, 1.54) is 0 Å². The first-order valence-corrected chi connectivity index (χ1v) is 5.96. The van der Waals surface area contributed by atoms with Crippen molar-refractivity contribution in [1.29, 1.82) is 0 Å². The number of hydrogen-bond donors (Lipinski definition) is 0. The second-order valence-electron chi connectivity index (χ2n) is 6.69. The van der Waals surface area contributed by atoms with Crippen molar-refractivity contribution in [3.8, 4) is 0 Å². The molecule has 0 spiro atoms. The maximum atomic E-state index is 12.6. The zero-order valence-corrected chi connectivity index (χ0v) is 11.8. The number of rotatable bonds is 1. The van der Waals surface area contributed by atoms with Crippen LogP contribution in [0.25, 0.3) is 0 Å². The van der Waals surface area contributed by atoms with Crippen LogP contribution in [0.5, 0.6) is 0 Å². The average molecular weight is 262 g/mol. The van der Waals surface area contributed by atoms with Gasteiger partial charge in [0.1, 0.15) is 6.54 Å². The summed E-state index contributed by atoms with van der Waals surface area (Å²) in [5, 5.41) is 4.13. The van der Waals surface area contributed by atoms with E-state index in [-0.39, 0.29) is 10.8 Å². The van der Waals surface area contributed by atoms with E-state index < -0.39 is 12.7 Å². The molecule has 5 heteroatoms. The summed E-state index contributed by atoms with van der Waals surface area (Å²) in [6, 6.07) is 1.78. The minimum absolute atomic E-state index is 0.253. The zero-order valence-electron chi connectivity index (χ0n) is 11.8. The third-order valence-electron chi connectivity index (χ3n) is 2.65.